The van der Waals surface area contributed by atoms with E-state index in [1.807, 2.05) is 0 Å². The van der Waals surface area contributed by atoms with E-state index in [0.717, 1.165) is 0 Å². The van der Waals surface area contributed by atoms with Crippen LogP contribution < -0.4 is 10.0 Å². The summed E-state index contributed by atoms with van der Waals surface area (Å²) >= 11 is 0. The van der Waals surface area contributed by atoms with Crippen molar-refractivity contribution < 1.29 is 32.5 Å². The first kappa shape index (κ1) is 26.2. The number of nitro groups is 1. The number of rotatable bonds is 11. The van der Waals surface area contributed by atoms with Crippen molar-refractivity contribution in [2.24, 2.45) is 0 Å². The lowest BCUT2D eigenvalue weighted by Gasteiger charge is -2.18. The van der Waals surface area contributed by atoms with Gasteiger partial charge in [0.2, 0.25) is 21.7 Å². The van der Waals surface area contributed by atoms with Gasteiger partial charge in [0.25, 0.3) is 5.69 Å². The molecule has 0 radical (unpaired) electrons. The molecule has 0 saturated carbocycles. The third kappa shape index (κ3) is 7.04. The number of amides is 1. The van der Waals surface area contributed by atoms with Crippen LogP contribution in [0, 0.1) is 10.1 Å². The van der Waals surface area contributed by atoms with Crippen LogP contribution in [0.2, 0.25) is 0 Å². The second-order valence-corrected chi connectivity index (χ2v) is 9.13. The molecule has 0 spiro atoms. The predicted octanol–water partition coefficient (Wildman–Crippen LogP) is 2.16. The zero-order chi connectivity index (χ0) is 26.1. The summed E-state index contributed by atoms with van der Waals surface area (Å²) < 4.78 is 31.8. The summed E-state index contributed by atoms with van der Waals surface area (Å²) in [6.07, 6.45) is -1.42. The molecule has 186 valence electrons. The number of non-ortho nitro benzene ring substituents is 1. The maximum atomic E-state index is 13.0. The second kappa shape index (κ2) is 11.8. The number of hydrogen-bond donors (Lipinski definition) is 2. The molecule has 11 nitrogen and oxygen atoms in total. The number of hydrogen-bond acceptors (Lipinski definition) is 8. The molecule has 0 bridgehead atoms. The average molecular weight is 512 g/mol. The molecule has 1 atom stereocenters. The average Bonchev–Trinajstić information content (AvgIpc) is 2.90. The van der Waals surface area contributed by atoms with Crippen LogP contribution in [0.5, 0.6) is 0 Å². The summed E-state index contributed by atoms with van der Waals surface area (Å²) in [4.78, 5) is 47.8. The molecule has 2 N–H and O–H groups in total. The molecular weight excluding hydrogens is 490 g/mol. The number of esters is 1. The van der Waals surface area contributed by atoms with Crippen LogP contribution in [0.3, 0.4) is 0 Å². The third-order valence-corrected chi connectivity index (χ3v) is 6.28. The fourth-order valence-electron chi connectivity index (χ4n) is 3.05. The topological polar surface area (TPSA) is 162 Å². The Kier molecular flexibility index (Phi) is 8.60. The lowest BCUT2D eigenvalue weighted by Crippen LogP contribution is -2.39. The molecule has 3 aromatic carbocycles. The molecule has 0 heterocycles. The zero-order valence-electron chi connectivity index (χ0n) is 18.7. The Morgan fingerprint density at radius 3 is 2.03 bits per heavy atom. The van der Waals surface area contributed by atoms with E-state index < -0.39 is 51.8 Å². The van der Waals surface area contributed by atoms with Crippen molar-refractivity contribution in [3.8, 4) is 0 Å². The quantitative estimate of drug-likeness (QED) is 0.171. The highest BCUT2D eigenvalue weighted by atomic mass is 32.2. The molecule has 1 amide bonds. The van der Waals surface area contributed by atoms with Gasteiger partial charge in [0.05, 0.1) is 16.4 Å². The van der Waals surface area contributed by atoms with Gasteiger partial charge in [-0.3, -0.25) is 24.5 Å². The molecule has 3 aromatic rings. The SMILES string of the molecule is O=C(CNS(=O)(=O)c1ccccc1)NCC(=O)O[C@@H](C(=O)c1ccccc1)c1ccc([N+](=O)[O-])cc1. The first-order valence-corrected chi connectivity index (χ1v) is 12.0. The van der Waals surface area contributed by atoms with Crippen molar-refractivity contribution in [3.05, 3.63) is 106 Å². The summed E-state index contributed by atoms with van der Waals surface area (Å²) in [5.41, 5.74) is 0.235. The van der Waals surface area contributed by atoms with Gasteiger partial charge in [-0.05, 0) is 24.3 Å². The second-order valence-electron chi connectivity index (χ2n) is 7.36. The van der Waals surface area contributed by atoms with Crippen molar-refractivity contribution in [2.45, 2.75) is 11.0 Å². The molecular formula is C24H21N3O8S. The molecule has 0 aromatic heterocycles. The summed E-state index contributed by atoms with van der Waals surface area (Å²) in [5.74, 6) is -2.34. The number of nitro benzene ring substituents is 1. The van der Waals surface area contributed by atoms with Gasteiger partial charge in [-0.25, -0.2) is 13.1 Å². The minimum absolute atomic E-state index is 0.0254. The van der Waals surface area contributed by atoms with Crippen LogP contribution in [-0.4, -0.2) is 44.1 Å². The molecule has 0 aliphatic carbocycles. The monoisotopic (exact) mass is 511 g/mol. The highest BCUT2D eigenvalue weighted by Gasteiger charge is 2.27. The minimum Gasteiger partial charge on any atom is -0.448 e. The lowest BCUT2D eigenvalue weighted by molar-refractivity contribution is -0.384. The van der Waals surface area contributed by atoms with Gasteiger partial charge >= 0.3 is 5.97 Å². The van der Waals surface area contributed by atoms with Gasteiger partial charge in [-0.1, -0.05) is 48.5 Å². The van der Waals surface area contributed by atoms with Crippen molar-refractivity contribution in [1.29, 1.82) is 0 Å². The number of nitrogens with one attached hydrogen (secondary N) is 2. The van der Waals surface area contributed by atoms with Crippen molar-refractivity contribution in [1.82, 2.24) is 10.0 Å². The molecule has 0 fully saturated rings. The third-order valence-electron chi connectivity index (χ3n) is 4.86. The first-order chi connectivity index (χ1) is 17.2. The van der Waals surface area contributed by atoms with Gasteiger partial charge < -0.3 is 10.1 Å². The van der Waals surface area contributed by atoms with Crippen LogP contribution in [0.15, 0.2) is 89.8 Å². The van der Waals surface area contributed by atoms with Gasteiger partial charge in [-0.2, -0.15) is 0 Å². The van der Waals surface area contributed by atoms with E-state index in [2.05, 4.69) is 10.0 Å². The van der Waals surface area contributed by atoms with Crippen LogP contribution in [0.25, 0.3) is 0 Å². The lowest BCUT2D eigenvalue weighted by atomic mass is 9.99. The van der Waals surface area contributed by atoms with Crippen LogP contribution >= 0.6 is 0 Å². The van der Waals surface area contributed by atoms with E-state index in [0.29, 0.717) is 0 Å². The number of carbonyl (C=O) groups is 3. The highest BCUT2D eigenvalue weighted by molar-refractivity contribution is 7.89. The smallest absolute Gasteiger partial charge is 0.326 e. The Bertz CT molecular complexity index is 1350. The minimum atomic E-state index is -3.92. The van der Waals surface area contributed by atoms with Gasteiger partial charge in [0.15, 0.2) is 6.10 Å². The van der Waals surface area contributed by atoms with Gasteiger partial charge in [-0.15, -0.1) is 0 Å². The molecule has 0 saturated heterocycles. The standard InChI is InChI=1S/C24H21N3O8S/c28-21(15-26-36(33,34)20-9-5-2-6-10-20)25-16-22(29)35-24(23(30)17-7-3-1-4-8-17)18-11-13-19(14-12-18)27(31)32/h1-14,24,26H,15-16H2,(H,25,28)/t24-/m1/s1. The highest BCUT2D eigenvalue weighted by Crippen LogP contribution is 2.25. The van der Waals surface area contributed by atoms with Crippen molar-refractivity contribution >= 4 is 33.4 Å². The van der Waals surface area contributed by atoms with Crippen LogP contribution in [0.1, 0.15) is 22.0 Å². The molecule has 12 heteroatoms. The number of ketones is 1. The first-order valence-electron chi connectivity index (χ1n) is 10.5. The van der Waals surface area contributed by atoms with E-state index >= 15 is 0 Å². The van der Waals surface area contributed by atoms with E-state index in [1.165, 1.54) is 60.7 Å². The Labute approximate surface area is 206 Å². The van der Waals surface area contributed by atoms with E-state index in [9.17, 15) is 32.9 Å². The van der Waals surface area contributed by atoms with E-state index in [4.69, 9.17) is 4.74 Å². The van der Waals surface area contributed by atoms with Gasteiger partial charge in [0, 0.05) is 23.3 Å². The van der Waals surface area contributed by atoms with E-state index in [1.54, 1.807) is 24.3 Å². The number of carbonyl (C=O) groups excluding carboxylic acids is 3. The molecule has 0 aliphatic rings. The fraction of sp³-hybridized carbons (Fsp3) is 0.125. The van der Waals surface area contributed by atoms with Crippen LogP contribution in [-0.2, 0) is 24.3 Å². The largest absolute Gasteiger partial charge is 0.448 e. The van der Waals surface area contributed by atoms with E-state index in [-0.39, 0.29) is 21.7 Å². The number of Topliss-reactive ketones (excluding diaryl/α,β-unsaturated/α-hetero) is 1. The molecule has 0 unspecified atom stereocenters. The number of benzene rings is 3. The van der Waals surface area contributed by atoms with Gasteiger partial charge in [0.1, 0.15) is 6.54 Å². The molecule has 36 heavy (non-hydrogen) atoms. The Morgan fingerprint density at radius 2 is 1.44 bits per heavy atom. The molecule has 0 aliphatic heterocycles. The maximum Gasteiger partial charge on any atom is 0.326 e. The Morgan fingerprint density at radius 1 is 0.861 bits per heavy atom. The summed E-state index contributed by atoms with van der Waals surface area (Å²) in [7, 11) is -3.92. The zero-order valence-corrected chi connectivity index (χ0v) is 19.5. The maximum absolute atomic E-state index is 13.0. The van der Waals surface area contributed by atoms with Crippen molar-refractivity contribution in [2.75, 3.05) is 13.1 Å². The number of sulfonamides is 1. The molecule has 3 rings (SSSR count). The van der Waals surface area contributed by atoms with Crippen molar-refractivity contribution in [3.63, 3.8) is 0 Å². The summed E-state index contributed by atoms with van der Waals surface area (Å²) in [5, 5.41) is 13.2. The fourth-order valence-corrected chi connectivity index (χ4v) is 4.05. The number of ether oxygens (including phenoxy) is 1. The Balaban J connectivity index is 1.64. The predicted molar refractivity (Wildman–Crippen MR) is 127 cm³/mol. The Hall–Kier alpha value is -4.42. The summed E-state index contributed by atoms with van der Waals surface area (Å²) in [6, 6.07) is 20.4. The normalized spacial score (nSPS) is 11.8. The van der Waals surface area contributed by atoms with Crippen LogP contribution in [0.4, 0.5) is 5.69 Å². The number of nitrogens with zero attached hydrogens (tertiary/aromatic N) is 1. The summed E-state index contributed by atoms with van der Waals surface area (Å²) in [6.45, 7) is -1.27.